The Morgan fingerprint density at radius 2 is 1.03 bits per heavy atom. The summed E-state index contributed by atoms with van der Waals surface area (Å²) in [5.41, 5.74) is 20.8. The number of amides is 5. The van der Waals surface area contributed by atoms with E-state index in [0.29, 0.717) is 25.8 Å². The highest BCUT2D eigenvalue weighted by atomic mass is 16.2. The Labute approximate surface area is 378 Å². The predicted octanol–water partition coefficient (Wildman–Crippen LogP) is 6.15. The molecule has 348 valence electrons. The highest BCUT2D eigenvalue weighted by Crippen LogP contribution is 2.21. The van der Waals surface area contributed by atoms with Crippen LogP contribution in [0.4, 0.5) is 0 Å². The summed E-state index contributed by atoms with van der Waals surface area (Å²) in [5.74, 6) is -2.72. The van der Waals surface area contributed by atoms with Gasteiger partial charge in [-0.05, 0) is 101 Å². The molecule has 14 heteroatoms. The van der Waals surface area contributed by atoms with Crippen molar-refractivity contribution in [3.63, 3.8) is 0 Å². The van der Waals surface area contributed by atoms with E-state index in [1.165, 1.54) is 19.3 Å². The maximum absolute atomic E-state index is 14.2. The van der Waals surface area contributed by atoms with Crippen molar-refractivity contribution in [2.24, 2.45) is 17.2 Å². The molecular weight excluding hydrogens is 807 g/mol. The summed E-state index contributed by atoms with van der Waals surface area (Å²) in [5, 5.41) is 13.1. The van der Waals surface area contributed by atoms with Crippen LogP contribution in [0.5, 0.6) is 0 Å². The zero-order valence-corrected chi connectivity index (χ0v) is 37.8. The number of nitrogens with one attached hydrogen (secondary N) is 6. The molecule has 0 aliphatic heterocycles. The normalized spacial score (nSPS) is 13.5. The number of H-pyrrole nitrogens is 2. The Kier molecular flexibility index (Phi) is 23.0. The van der Waals surface area contributed by atoms with E-state index in [0.717, 1.165) is 77.9 Å². The lowest BCUT2D eigenvalue weighted by atomic mass is 10.0. The van der Waals surface area contributed by atoms with Gasteiger partial charge in [0.2, 0.25) is 29.5 Å². The third-order valence-corrected chi connectivity index (χ3v) is 11.5. The van der Waals surface area contributed by atoms with Gasteiger partial charge in [0.05, 0.1) is 0 Å². The minimum absolute atomic E-state index is 0.0705. The average Bonchev–Trinajstić information content (AvgIpc) is 3.90. The van der Waals surface area contributed by atoms with Gasteiger partial charge in [-0.3, -0.25) is 24.0 Å². The molecule has 2 heterocycles. The second-order valence-corrected chi connectivity index (χ2v) is 16.7. The summed E-state index contributed by atoms with van der Waals surface area (Å²) < 4.78 is 0. The molecule has 4 aromatic rings. The SMILES string of the molecule is CCCCC/C=C\C/C=C\CCCCCCCC(=O)N[C@@H](CCCN)C(=O)N[C@@H](CCCN)C(=O)N[C@@H](Cc1c[nH]c2ccccc12)C(=O)N[C@@H](Cc1c[nH]c2ccccc12)C(N)=O. The van der Waals surface area contributed by atoms with Gasteiger partial charge in [-0.25, -0.2) is 0 Å². The van der Waals surface area contributed by atoms with E-state index in [-0.39, 0.29) is 44.6 Å². The standard InChI is InChI=1S/C50H73N9O5/c1-2-3-4-5-6-7-8-9-10-11-12-13-14-15-16-29-46(60)56-42(27-21-30-51)48(62)57-43(28-22-31-52)49(63)59-45(33-37-35-55-41-26-20-18-24-39(37)41)50(64)58-44(47(53)61)32-36-34-54-40-25-19-17-23-38(36)40/h6-7,9-10,17-20,23-26,34-35,42-45,54-55H,2-5,8,11-16,21-22,27-33,51-52H2,1H3,(H2,53,61)(H,56,60)(H,57,62)(H,58,64)(H,59,63)/b7-6-,10-9-/t42-,43-,44-,45-/m0/s1. The number of carbonyl (C=O) groups excluding carboxylic acids is 5. The number of para-hydroxylation sites is 2. The first-order valence-electron chi connectivity index (χ1n) is 23.4. The van der Waals surface area contributed by atoms with Gasteiger partial charge in [0.15, 0.2) is 0 Å². The first-order chi connectivity index (χ1) is 31.1. The molecule has 0 aliphatic carbocycles. The van der Waals surface area contributed by atoms with Crippen LogP contribution in [0.1, 0.15) is 121 Å². The lowest BCUT2D eigenvalue weighted by Crippen LogP contribution is -2.58. The van der Waals surface area contributed by atoms with Crippen LogP contribution in [0.15, 0.2) is 85.2 Å². The number of unbranched alkanes of at least 4 members (excludes halogenated alkanes) is 8. The summed E-state index contributed by atoms with van der Waals surface area (Å²) in [6.45, 7) is 2.79. The summed E-state index contributed by atoms with van der Waals surface area (Å²) in [6, 6.07) is 11.0. The van der Waals surface area contributed by atoms with Crippen molar-refractivity contribution in [1.29, 1.82) is 0 Å². The van der Waals surface area contributed by atoms with E-state index in [2.05, 4.69) is 62.5 Å². The second kappa shape index (κ2) is 28.9. The fourth-order valence-corrected chi connectivity index (χ4v) is 7.83. The van der Waals surface area contributed by atoms with Crippen LogP contribution in [0.3, 0.4) is 0 Å². The lowest BCUT2D eigenvalue weighted by molar-refractivity contribution is -0.134. The first-order valence-corrected chi connectivity index (χ1v) is 23.4. The number of primary amides is 1. The van der Waals surface area contributed by atoms with Gasteiger partial charge in [0.1, 0.15) is 24.2 Å². The molecule has 0 radical (unpaired) electrons. The average molecular weight is 880 g/mol. The highest BCUT2D eigenvalue weighted by Gasteiger charge is 2.32. The van der Waals surface area contributed by atoms with Gasteiger partial charge in [0.25, 0.3) is 0 Å². The van der Waals surface area contributed by atoms with Gasteiger partial charge in [0, 0.05) is 53.5 Å². The molecule has 0 spiro atoms. The maximum Gasteiger partial charge on any atom is 0.243 e. The van der Waals surface area contributed by atoms with Gasteiger partial charge in [-0.15, -0.1) is 0 Å². The Morgan fingerprint density at radius 3 is 1.59 bits per heavy atom. The molecular formula is C50H73N9O5. The molecule has 0 fully saturated rings. The van der Waals surface area contributed by atoms with Crippen LogP contribution in [-0.2, 0) is 36.8 Å². The fraction of sp³-hybridized carbons (Fsp3) is 0.500. The molecule has 2 aromatic carbocycles. The zero-order valence-electron chi connectivity index (χ0n) is 37.8. The number of hydrogen-bond acceptors (Lipinski definition) is 7. The summed E-state index contributed by atoms with van der Waals surface area (Å²) in [6.07, 6.45) is 26.2. The first kappa shape index (κ1) is 50.9. The van der Waals surface area contributed by atoms with E-state index >= 15 is 0 Å². The number of allylic oxidation sites excluding steroid dienone is 4. The van der Waals surface area contributed by atoms with Crippen LogP contribution in [0.25, 0.3) is 21.8 Å². The summed E-state index contributed by atoms with van der Waals surface area (Å²) in [7, 11) is 0. The number of aromatic nitrogens is 2. The topological polar surface area (TPSA) is 243 Å². The van der Waals surface area contributed by atoms with Crippen LogP contribution in [-0.4, -0.2) is 76.8 Å². The Balaban J connectivity index is 1.36. The van der Waals surface area contributed by atoms with E-state index in [1.807, 2.05) is 48.5 Å². The van der Waals surface area contributed by atoms with Crippen LogP contribution < -0.4 is 38.5 Å². The molecule has 4 rings (SSSR count). The van der Waals surface area contributed by atoms with Crippen LogP contribution >= 0.6 is 0 Å². The molecule has 64 heavy (non-hydrogen) atoms. The molecule has 12 N–H and O–H groups in total. The summed E-state index contributed by atoms with van der Waals surface area (Å²) in [4.78, 5) is 74.5. The molecule has 4 atom stereocenters. The highest BCUT2D eigenvalue weighted by molar-refractivity contribution is 5.96. The number of carbonyl (C=O) groups is 5. The Bertz CT molecular complexity index is 2110. The quantitative estimate of drug-likeness (QED) is 0.0205. The van der Waals surface area contributed by atoms with Gasteiger partial charge >= 0.3 is 0 Å². The number of benzene rings is 2. The van der Waals surface area contributed by atoms with Crippen LogP contribution in [0, 0.1) is 0 Å². The minimum atomic E-state index is -1.16. The molecule has 0 saturated carbocycles. The summed E-state index contributed by atoms with van der Waals surface area (Å²) >= 11 is 0. The van der Waals surface area contributed by atoms with Crippen molar-refractivity contribution in [3.8, 4) is 0 Å². The fourth-order valence-electron chi connectivity index (χ4n) is 7.83. The van der Waals surface area contributed by atoms with Crippen molar-refractivity contribution >= 4 is 51.3 Å². The molecule has 0 saturated heterocycles. The smallest absolute Gasteiger partial charge is 0.243 e. The van der Waals surface area contributed by atoms with Gasteiger partial charge < -0.3 is 48.4 Å². The monoisotopic (exact) mass is 880 g/mol. The third kappa shape index (κ3) is 17.4. The maximum atomic E-state index is 14.2. The molecule has 5 amide bonds. The number of hydrogen-bond donors (Lipinski definition) is 9. The molecule has 2 aromatic heterocycles. The lowest BCUT2D eigenvalue weighted by Gasteiger charge is -2.26. The Hall–Kier alpha value is -5.73. The number of aromatic amines is 2. The van der Waals surface area contributed by atoms with Gasteiger partial charge in [-0.2, -0.15) is 0 Å². The van der Waals surface area contributed by atoms with Crippen molar-refractivity contribution in [2.75, 3.05) is 13.1 Å². The number of nitrogens with two attached hydrogens (primary N) is 3. The second-order valence-electron chi connectivity index (χ2n) is 16.7. The third-order valence-electron chi connectivity index (χ3n) is 11.5. The van der Waals surface area contributed by atoms with Crippen molar-refractivity contribution < 1.29 is 24.0 Å². The van der Waals surface area contributed by atoms with Crippen molar-refractivity contribution in [1.82, 2.24) is 31.2 Å². The number of fused-ring (bicyclic) bond motifs is 2. The van der Waals surface area contributed by atoms with Gasteiger partial charge in [-0.1, -0.05) is 99.7 Å². The van der Waals surface area contributed by atoms with Crippen molar-refractivity contribution in [3.05, 3.63) is 96.4 Å². The predicted molar refractivity (Wildman–Crippen MR) is 257 cm³/mol. The van der Waals surface area contributed by atoms with E-state index in [4.69, 9.17) is 17.2 Å². The molecule has 0 aliphatic rings. The molecule has 0 bridgehead atoms. The van der Waals surface area contributed by atoms with Crippen LogP contribution in [0.2, 0.25) is 0 Å². The molecule has 0 unspecified atom stereocenters. The van der Waals surface area contributed by atoms with Crippen molar-refractivity contribution in [2.45, 2.75) is 147 Å². The van der Waals surface area contributed by atoms with E-state index in [9.17, 15) is 24.0 Å². The number of rotatable bonds is 32. The van der Waals surface area contributed by atoms with E-state index in [1.54, 1.807) is 12.4 Å². The largest absolute Gasteiger partial charge is 0.368 e. The molecule has 14 nitrogen and oxygen atoms in total. The Morgan fingerprint density at radius 1 is 0.562 bits per heavy atom. The zero-order chi connectivity index (χ0) is 45.9. The minimum Gasteiger partial charge on any atom is -0.368 e. The van der Waals surface area contributed by atoms with E-state index < -0.39 is 47.8 Å².